The fourth-order valence-corrected chi connectivity index (χ4v) is 2.55. The molecule has 1 aromatic rings. The molecule has 1 aliphatic heterocycles. The molecule has 1 fully saturated rings. The van der Waals surface area contributed by atoms with E-state index < -0.39 is 9.84 Å². The van der Waals surface area contributed by atoms with Gasteiger partial charge in [0, 0.05) is 12.3 Å². The molecule has 0 radical (unpaired) electrons. The number of halogens is 1. The number of hydrogen-bond acceptors (Lipinski definition) is 3. The Morgan fingerprint density at radius 2 is 1.88 bits per heavy atom. The van der Waals surface area contributed by atoms with E-state index in [0.717, 1.165) is 13.0 Å². The van der Waals surface area contributed by atoms with Crippen molar-refractivity contribution in [1.29, 1.82) is 0 Å². The third-order valence-electron chi connectivity index (χ3n) is 2.77. The maximum atomic E-state index is 11.2. The third kappa shape index (κ3) is 2.97. The van der Waals surface area contributed by atoms with Crippen LogP contribution in [0.5, 0.6) is 0 Å². The first-order valence-electron chi connectivity index (χ1n) is 5.11. The highest BCUT2D eigenvalue weighted by Gasteiger charge is 2.16. The van der Waals surface area contributed by atoms with Gasteiger partial charge in [0.1, 0.15) is 0 Å². The van der Waals surface area contributed by atoms with Gasteiger partial charge in [0.15, 0.2) is 9.84 Å². The summed E-state index contributed by atoms with van der Waals surface area (Å²) in [6.07, 6.45) is 3.56. The van der Waals surface area contributed by atoms with Crippen LogP contribution in [0.2, 0.25) is 0 Å². The predicted octanol–water partition coefficient (Wildman–Crippen LogP) is 1.94. The summed E-state index contributed by atoms with van der Waals surface area (Å²) in [6.45, 7) is 1.05. The van der Waals surface area contributed by atoms with Gasteiger partial charge in [-0.15, -0.1) is 12.4 Å². The van der Waals surface area contributed by atoms with E-state index in [2.05, 4.69) is 5.32 Å². The van der Waals surface area contributed by atoms with Crippen LogP contribution in [0.3, 0.4) is 0 Å². The average Bonchev–Trinajstić information content (AvgIpc) is 2.69. The van der Waals surface area contributed by atoms with Crippen molar-refractivity contribution < 1.29 is 8.42 Å². The fourth-order valence-electron chi connectivity index (χ4n) is 1.92. The fraction of sp³-hybridized carbons (Fsp3) is 0.455. The molecule has 3 nitrogen and oxygen atoms in total. The molecule has 1 atom stereocenters. The second kappa shape index (κ2) is 5.17. The van der Waals surface area contributed by atoms with Crippen molar-refractivity contribution in [3.05, 3.63) is 29.8 Å². The van der Waals surface area contributed by atoms with Crippen molar-refractivity contribution >= 4 is 22.2 Å². The van der Waals surface area contributed by atoms with E-state index in [1.807, 2.05) is 12.1 Å². The van der Waals surface area contributed by atoms with E-state index >= 15 is 0 Å². The van der Waals surface area contributed by atoms with E-state index in [4.69, 9.17) is 0 Å². The van der Waals surface area contributed by atoms with Crippen molar-refractivity contribution in [2.24, 2.45) is 0 Å². The Kier molecular flexibility index (Phi) is 4.35. The molecule has 16 heavy (non-hydrogen) atoms. The lowest BCUT2D eigenvalue weighted by Gasteiger charge is -2.10. The van der Waals surface area contributed by atoms with Crippen molar-refractivity contribution in [1.82, 2.24) is 5.32 Å². The molecular weight excluding hydrogens is 246 g/mol. The minimum Gasteiger partial charge on any atom is -0.310 e. The first-order valence-corrected chi connectivity index (χ1v) is 7.00. The van der Waals surface area contributed by atoms with Crippen LogP contribution >= 0.6 is 12.4 Å². The predicted molar refractivity (Wildman–Crippen MR) is 66.8 cm³/mol. The smallest absolute Gasteiger partial charge is 0.175 e. The van der Waals surface area contributed by atoms with Crippen molar-refractivity contribution in [2.45, 2.75) is 23.8 Å². The largest absolute Gasteiger partial charge is 0.310 e. The standard InChI is InChI=1S/C11H15NO2S.ClH/c1-15(13,14)10-6-4-9(5-7-10)11-3-2-8-12-11;/h4-7,11-12H,2-3,8H2,1H3;1H/t11-;/m1./s1. The van der Waals surface area contributed by atoms with E-state index in [9.17, 15) is 8.42 Å². The molecule has 2 rings (SSSR count). The van der Waals surface area contributed by atoms with Gasteiger partial charge in [0.05, 0.1) is 4.90 Å². The number of benzene rings is 1. The molecule has 5 heteroatoms. The zero-order valence-corrected chi connectivity index (χ0v) is 10.8. The van der Waals surface area contributed by atoms with Gasteiger partial charge in [-0.2, -0.15) is 0 Å². The van der Waals surface area contributed by atoms with E-state index in [-0.39, 0.29) is 12.4 Å². The molecule has 0 bridgehead atoms. The number of hydrogen-bond donors (Lipinski definition) is 1. The normalized spacial score (nSPS) is 20.4. The molecule has 0 aliphatic carbocycles. The SMILES string of the molecule is CS(=O)(=O)c1ccc([C@H]2CCCN2)cc1.Cl. The van der Waals surface area contributed by atoms with E-state index in [1.54, 1.807) is 12.1 Å². The van der Waals surface area contributed by atoms with Crippen LogP contribution in [-0.4, -0.2) is 21.2 Å². The molecule has 90 valence electrons. The Morgan fingerprint density at radius 3 is 2.31 bits per heavy atom. The summed E-state index contributed by atoms with van der Waals surface area (Å²) in [5.74, 6) is 0. The van der Waals surface area contributed by atoms with Crippen LogP contribution in [0.1, 0.15) is 24.4 Å². The minimum absolute atomic E-state index is 0. The van der Waals surface area contributed by atoms with Crippen molar-refractivity contribution in [2.75, 3.05) is 12.8 Å². The number of rotatable bonds is 2. The second-order valence-electron chi connectivity index (χ2n) is 3.99. The second-order valence-corrected chi connectivity index (χ2v) is 6.01. The maximum absolute atomic E-state index is 11.2. The van der Waals surface area contributed by atoms with Gasteiger partial charge in [-0.05, 0) is 37.1 Å². The Labute approximate surface area is 103 Å². The highest BCUT2D eigenvalue weighted by atomic mass is 35.5. The van der Waals surface area contributed by atoms with Crippen molar-refractivity contribution in [3.8, 4) is 0 Å². The van der Waals surface area contributed by atoms with Gasteiger partial charge >= 0.3 is 0 Å². The molecule has 1 N–H and O–H groups in total. The average molecular weight is 262 g/mol. The summed E-state index contributed by atoms with van der Waals surface area (Å²) in [5.41, 5.74) is 1.18. The van der Waals surface area contributed by atoms with Gasteiger partial charge < -0.3 is 5.32 Å². The Morgan fingerprint density at radius 1 is 1.25 bits per heavy atom. The Bertz CT molecular complexity index is 436. The summed E-state index contributed by atoms with van der Waals surface area (Å²) in [4.78, 5) is 0.393. The summed E-state index contributed by atoms with van der Waals surface area (Å²) in [6, 6.07) is 7.58. The summed E-state index contributed by atoms with van der Waals surface area (Å²) in [5, 5.41) is 3.38. The summed E-state index contributed by atoms with van der Waals surface area (Å²) >= 11 is 0. The minimum atomic E-state index is -3.06. The first kappa shape index (κ1) is 13.5. The van der Waals surface area contributed by atoms with Crippen LogP contribution < -0.4 is 5.32 Å². The summed E-state index contributed by atoms with van der Waals surface area (Å²) < 4.78 is 22.5. The molecule has 0 spiro atoms. The zero-order valence-electron chi connectivity index (χ0n) is 9.14. The molecule has 1 aromatic carbocycles. The van der Waals surface area contributed by atoms with Gasteiger partial charge in [0.2, 0.25) is 0 Å². The third-order valence-corrected chi connectivity index (χ3v) is 3.90. The van der Waals surface area contributed by atoms with Gasteiger partial charge in [-0.3, -0.25) is 0 Å². The van der Waals surface area contributed by atoms with Crippen LogP contribution in [0.25, 0.3) is 0 Å². The molecule has 0 unspecified atom stereocenters. The maximum Gasteiger partial charge on any atom is 0.175 e. The lowest BCUT2D eigenvalue weighted by molar-refractivity contribution is 0.601. The highest BCUT2D eigenvalue weighted by molar-refractivity contribution is 7.90. The Balaban J connectivity index is 0.00000128. The monoisotopic (exact) mass is 261 g/mol. The van der Waals surface area contributed by atoms with Gasteiger partial charge in [-0.1, -0.05) is 12.1 Å². The Hall–Kier alpha value is -0.580. The lowest BCUT2D eigenvalue weighted by atomic mass is 10.1. The molecule has 1 saturated heterocycles. The van der Waals surface area contributed by atoms with Gasteiger partial charge in [0.25, 0.3) is 0 Å². The van der Waals surface area contributed by atoms with Crippen molar-refractivity contribution in [3.63, 3.8) is 0 Å². The van der Waals surface area contributed by atoms with Crippen LogP contribution in [-0.2, 0) is 9.84 Å². The number of nitrogens with one attached hydrogen (secondary N) is 1. The van der Waals surface area contributed by atoms with Crippen LogP contribution in [0.4, 0.5) is 0 Å². The molecule has 1 aliphatic rings. The molecule has 0 saturated carbocycles. The zero-order chi connectivity index (χ0) is 10.9. The topological polar surface area (TPSA) is 46.2 Å². The quantitative estimate of drug-likeness (QED) is 0.885. The molecular formula is C11H16ClNO2S. The first-order chi connectivity index (χ1) is 7.07. The molecule has 0 aromatic heterocycles. The molecule has 1 heterocycles. The summed E-state index contributed by atoms with van der Waals surface area (Å²) in [7, 11) is -3.06. The highest BCUT2D eigenvalue weighted by Crippen LogP contribution is 2.23. The van der Waals surface area contributed by atoms with E-state index in [1.165, 1.54) is 18.2 Å². The van der Waals surface area contributed by atoms with Gasteiger partial charge in [-0.25, -0.2) is 8.42 Å². The number of sulfone groups is 1. The molecule has 0 amide bonds. The van der Waals surface area contributed by atoms with Crippen LogP contribution in [0, 0.1) is 0 Å². The lowest BCUT2D eigenvalue weighted by Crippen LogP contribution is -2.12. The van der Waals surface area contributed by atoms with E-state index in [0.29, 0.717) is 10.9 Å². The van der Waals surface area contributed by atoms with Crippen LogP contribution in [0.15, 0.2) is 29.2 Å².